The number of nitrogens with two attached hydrogens (primary N) is 1. The number of imidazole rings is 1. The summed E-state index contributed by atoms with van der Waals surface area (Å²) >= 11 is 0. The molecule has 7 nitrogen and oxygen atoms in total. The first-order chi connectivity index (χ1) is 9.15. The van der Waals surface area contributed by atoms with Crippen LogP contribution in [0, 0.1) is 6.92 Å². The molecule has 98 valence electrons. The summed E-state index contributed by atoms with van der Waals surface area (Å²) in [5, 5.41) is 4.25. The van der Waals surface area contributed by atoms with Crippen LogP contribution in [0.1, 0.15) is 11.4 Å². The number of hydrogen-bond acceptors (Lipinski definition) is 5. The van der Waals surface area contributed by atoms with Crippen molar-refractivity contribution in [2.45, 2.75) is 19.9 Å². The number of nitrogens with zero attached hydrogens (tertiary/aromatic N) is 6. The highest BCUT2D eigenvalue weighted by atomic mass is 15.3. The van der Waals surface area contributed by atoms with Gasteiger partial charge >= 0.3 is 0 Å². The number of fused-ring (bicyclic) bond motifs is 1. The van der Waals surface area contributed by atoms with Crippen LogP contribution >= 0.6 is 0 Å². The number of pyridine rings is 1. The second kappa shape index (κ2) is 4.34. The quantitative estimate of drug-likeness (QED) is 0.746. The lowest BCUT2D eigenvalue weighted by atomic mass is 10.3. The summed E-state index contributed by atoms with van der Waals surface area (Å²) in [6, 6.07) is 1.93. The van der Waals surface area contributed by atoms with Crippen LogP contribution in [0.4, 0.5) is 5.95 Å². The molecule has 0 aliphatic heterocycles. The molecule has 3 rings (SSSR count). The first kappa shape index (κ1) is 11.6. The third kappa shape index (κ3) is 2.03. The van der Waals surface area contributed by atoms with Gasteiger partial charge in [-0.3, -0.25) is 9.25 Å². The molecule has 3 aromatic heterocycles. The van der Waals surface area contributed by atoms with Gasteiger partial charge in [-0.25, -0.2) is 15.0 Å². The molecular weight excluding hydrogens is 242 g/mol. The Morgan fingerprint density at radius 2 is 2.16 bits per heavy atom. The molecule has 3 aromatic rings. The Hall–Kier alpha value is -2.44. The fourth-order valence-electron chi connectivity index (χ4n) is 2.09. The standard InChI is InChI=1S/C12H15N7/c1-8-3-5-14-11-10(8)16-12(13)19(11)6-4-9-15-7-18(2)17-9/h3,5,7H,4,6H2,1-2H3,(H2,13,16). The molecule has 0 unspecified atom stereocenters. The van der Waals surface area contributed by atoms with E-state index in [2.05, 4.69) is 20.1 Å². The van der Waals surface area contributed by atoms with Crippen LogP contribution in [0.15, 0.2) is 18.6 Å². The van der Waals surface area contributed by atoms with E-state index < -0.39 is 0 Å². The van der Waals surface area contributed by atoms with Crippen molar-refractivity contribution in [1.82, 2.24) is 29.3 Å². The molecule has 0 radical (unpaired) electrons. The lowest BCUT2D eigenvalue weighted by Crippen LogP contribution is -2.07. The maximum absolute atomic E-state index is 5.96. The normalized spacial score (nSPS) is 11.3. The Bertz CT molecular complexity index is 725. The summed E-state index contributed by atoms with van der Waals surface area (Å²) < 4.78 is 3.59. The summed E-state index contributed by atoms with van der Waals surface area (Å²) in [6.07, 6.45) is 4.16. The van der Waals surface area contributed by atoms with Gasteiger partial charge in [0.2, 0.25) is 5.95 Å². The van der Waals surface area contributed by atoms with Gasteiger partial charge in [0.05, 0.1) is 0 Å². The zero-order chi connectivity index (χ0) is 13.4. The molecule has 0 aromatic carbocycles. The molecule has 0 amide bonds. The lowest BCUT2D eigenvalue weighted by Gasteiger charge is -2.03. The molecule has 0 spiro atoms. The fraction of sp³-hybridized carbons (Fsp3) is 0.333. The average Bonchev–Trinajstić information content (AvgIpc) is 2.92. The number of aromatic nitrogens is 6. The Morgan fingerprint density at radius 1 is 1.32 bits per heavy atom. The zero-order valence-corrected chi connectivity index (χ0v) is 10.9. The molecule has 2 N–H and O–H groups in total. The number of nitrogen functional groups attached to an aromatic ring is 1. The maximum Gasteiger partial charge on any atom is 0.202 e. The molecule has 0 aliphatic carbocycles. The van der Waals surface area contributed by atoms with E-state index in [1.165, 1.54) is 0 Å². The van der Waals surface area contributed by atoms with Gasteiger partial charge in [0, 0.05) is 26.2 Å². The van der Waals surface area contributed by atoms with Crippen LogP contribution in [0.2, 0.25) is 0 Å². The number of anilines is 1. The minimum atomic E-state index is 0.479. The van der Waals surface area contributed by atoms with Crippen molar-refractivity contribution in [3.8, 4) is 0 Å². The monoisotopic (exact) mass is 257 g/mol. The van der Waals surface area contributed by atoms with E-state index in [9.17, 15) is 0 Å². The minimum absolute atomic E-state index is 0.479. The highest BCUT2D eigenvalue weighted by molar-refractivity contribution is 5.77. The average molecular weight is 257 g/mol. The Balaban J connectivity index is 1.92. The zero-order valence-electron chi connectivity index (χ0n) is 10.9. The first-order valence-electron chi connectivity index (χ1n) is 6.07. The van der Waals surface area contributed by atoms with Crippen LogP contribution < -0.4 is 5.73 Å². The number of rotatable bonds is 3. The molecule has 0 saturated carbocycles. The van der Waals surface area contributed by atoms with Crippen molar-refractivity contribution in [1.29, 1.82) is 0 Å². The molecule has 0 bridgehead atoms. The Labute approximate surface area is 110 Å². The minimum Gasteiger partial charge on any atom is -0.369 e. The van der Waals surface area contributed by atoms with Crippen LogP contribution in [-0.2, 0) is 20.0 Å². The Morgan fingerprint density at radius 3 is 2.89 bits per heavy atom. The summed E-state index contributed by atoms with van der Waals surface area (Å²) in [5.41, 5.74) is 8.70. The lowest BCUT2D eigenvalue weighted by molar-refractivity contribution is 0.674. The molecule has 0 fully saturated rings. The van der Waals surface area contributed by atoms with Gasteiger partial charge in [0.1, 0.15) is 11.8 Å². The molecule has 0 aliphatic rings. The van der Waals surface area contributed by atoms with E-state index in [0.29, 0.717) is 18.9 Å². The van der Waals surface area contributed by atoms with E-state index in [1.807, 2.05) is 24.6 Å². The van der Waals surface area contributed by atoms with Gasteiger partial charge in [-0.2, -0.15) is 5.10 Å². The van der Waals surface area contributed by atoms with E-state index in [0.717, 1.165) is 22.6 Å². The third-order valence-corrected chi connectivity index (χ3v) is 3.07. The Kier molecular flexibility index (Phi) is 2.66. The van der Waals surface area contributed by atoms with E-state index in [1.54, 1.807) is 17.2 Å². The molecule has 7 heteroatoms. The van der Waals surface area contributed by atoms with E-state index >= 15 is 0 Å². The molecule has 19 heavy (non-hydrogen) atoms. The van der Waals surface area contributed by atoms with Gasteiger partial charge < -0.3 is 5.73 Å². The number of aryl methyl sites for hydroxylation is 4. The van der Waals surface area contributed by atoms with Gasteiger partial charge in [-0.15, -0.1) is 0 Å². The van der Waals surface area contributed by atoms with Gasteiger partial charge in [0.25, 0.3) is 0 Å². The second-order valence-electron chi connectivity index (χ2n) is 4.51. The van der Waals surface area contributed by atoms with Crippen LogP contribution in [0.25, 0.3) is 11.2 Å². The highest BCUT2D eigenvalue weighted by Crippen LogP contribution is 2.18. The van der Waals surface area contributed by atoms with Crippen molar-refractivity contribution < 1.29 is 0 Å². The largest absolute Gasteiger partial charge is 0.369 e. The summed E-state index contributed by atoms with van der Waals surface area (Å²) in [6.45, 7) is 2.67. The van der Waals surface area contributed by atoms with Crippen LogP contribution in [-0.4, -0.2) is 29.3 Å². The summed E-state index contributed by atoms with van der Waals surface area (Å²) in [4.78, 5) is 12.9. The topological polar surface area (TPSA) is 87.4 Å². The van der Waals surface area contributed by atoms with Crippen molar-refractivity contribution >= 4 is 17.1 Å². The van der Waals surface area contributed by atoms with Crippen LogP contribution in [0.5, 0.6) is 0 Å². The number of hydrogen-bond donors (Lipinski definition) is 1. The van der Waals surface area contributed by atoms with Gasteiger partial charge in [-0.1, -0.05) is 0 Å². The smallest absolute Gasteiger partial charge is 0.202 e. The van der Waals surface area contributed by atoms with Crippen molar-refractivity contribution in [2.24, 2.45) is 7.05 Å². The van der Waals surface area contributed by atoms with Crippen LogP contribution in [0.3, 0.4) is 0 Å². The SMILES string of the molecule is Cc1ccnc2c1nc(N)n2CCc1ncn(C)n1. The van der Waals surface area contributed by atoms with E-state index in [4.69, 9.17) is 5.73 Å². The highest BCUT2D eigenvalue weighted by Gasteiger charge is 2.11. The van der Waals surface area contributed by atoms with Gasteiger partial charge in [0.15, 0.2) is 11.5 Å². The van der Waals surface area contributed by atoms with Gasteiger partial charge in [-0.05, 0) is 18.6 Å². The predicted molar refractivity (Wildman–Crippen MR) is 71.4 cm³/mol. The van der Waals surface area contributed by atoms with E-state index in [-0.39, 0.29) is 0 Å². The first-order valence-corrected chi connectivity index (χ1v) is 6.07. The molecule has 3 heterocycles. The summed E-state index contributed by atoms with van der Waals surface area (Å²) in [5.74, 6) is 1.27. The predicted octanol–water partition coefficient (Wildman–Crippen LogP) is 0.693. The molecule has 0 saturated heterocycles. The molecular formula is C12H15N7. The van der Waals surface area contributed by atoms with Crippen molar-refractivity contribution in [3.63, 3.8) is 0 Å². The fourth-order valence-corrected chi connectivity index (χ4v) is 2.09. The summed E-state index contributed by atoms with van der Waals surface area (Å²) in [7, 11) is 1.85. The van der Waals surface area contributed by atoms with Crippen molar-refractivity contribution in [2.75, 3.05) is 5.73 Å². The molecule has 0 atom stereocenters. The third-order valence-electron chi connectivity index (χ3n) is 3.07. The van der Waals surface area contributed by atoms with Crippen molar-refractivity contribution in [3.05, 3.63) is 30.0 Å². The second-order valence-corrected chi connectivity index (χ2v) is 4.51. The maximum atomic E-state index is 5.96.